The summed E-state index contributed by atoms with van der Waals surface area (Å²) in [6, 6.07) is 13.4. The molecular weight excluding hydrogens is 611 g/mol. The van der Waals surface area contributed by atoms with E-state index in [9.17, 15) is 31.5 Å². The fourth-order valence-corrected chi connectivity index (χ4v) is 7.16. The molecule has 6 nitrogen and oxygen atoms in total. The van der Waals surface area contributed by atoms with Crippen LogP contribution in [0.3, 0.4) is 0 Å². The van der Waals surface area contributed by atoms with Crippen molar-refractivity contribution in [2.75, 3.05) is 23.7 Å². The first-order valence-electron chi connectivity index (χ1n) is 14.4. The van der Waals surface area contributed by atoms with Crippen molar-refractivity contribution in [2.45, 2.75) is 50.0 Å². The number of carbonyl (C=O) groups excluding carboxylic acids is 1. The molecule has 1 amide bonds. The largest absolute Gasteiger partial charge is 0.417 e. The summed E-state index contributed by atoms with van der Waals surface area (Å²) in [6.45, 7) is 8.15. The highest BCUT2D eigenvalue weighted by Gasteiger charge is 2.39. The molecule has 12 heteroatoms. The highest BCUT2D eigenvalue weighted by Crippen LogP contribution is 2.48. The van der Waals surface area contributed by atoms with Crippen LogP contribution in [-0.4, -0.2) is 51.3 Å². The van der Waals surface area contributed by atoms with Crippen molar-refractivity contribution in [1.29, 1.82) is 0 Å². The Morgan fingerprint density at radius 2 is 1.62 bits per heavy atom. The molecule has 3 aromatic carbocycles. The first-order chi connectivity index (χ1) is 21.4. The maximum absolute atomic E-state index is 14.6. The van der Waals surface area contributed by atoms with Gasteiger partial charge < -0.3 is 9.80 Å². The van der Waals surface area contributed by atoms with Crippen molar-refractivity contribution in [3.8, 4) is 11.1 Å². The summed E-state index contributed by atoms with van der Waals surface area (Å²) in [5.41, 5.74) is -0.840. The third kappa shape index (κ3) is 6.61. The Morgan fingerprint density at radius 1 is 1.00 bits per heavy atom. The van der Waals surface area contributed by atoms with Gasteiger partial charge in [-0.25, -0.2) is 13.6 Å². The molecule has 45 heavy (non-hydrogen) atoms. The van der Waals surface area contributed by atoms with Crippen LogP contribution in [0.25, 0.3) is 22.0 Å². The average Bonchev–Trinajstić information content (AvgIpc) is 3.23. The van der Waals surface area contributed by atoms with Crippen molar-refractivity contribution >= 4 is 34.4 Å². The van der Waals surface area contributed by atoms with E-state index in [1.54, 1.807) is 28.0 Å². The predicted molar refractivity (Wildman–Crippen MR) is 166 cm³/mol. The summed E-state index contributed by atoms with van der Waals surface area (Å²) in [5, 5.41) is 0.232. The lowest BCUT2D eigenvalue weighted by Crippen LogP contribution is -2.58. The Labute approximate surface area is 261 Å². The van der Waals surface area contributed by atoms with Gasteiger partial charge in [0.2, 0.25) is 5.91 Å². The number of halogens is 5. The maximum atomic E-state index is 14.6. The van der Waals surface area contributed by atoms with E-state index in [0.29, 0.717) is 42.2 Å². The maximum Gasteiger partial charge on any atom is 0.417 e. The zero-order chi connectivity index (χ0) is 32.5. The summed E-state index contributed by atoms with van der Waals surface area (Å²) in [4.78, 5) is 33.8. The van der Waals surface area contributed by atoms with Gasteiger partial charge >= 0.3 is 11.9 Å². The van der Waals surface area contributed by atoms with Crippen LogP contribution in [-0.2, 0) is 17.5 Å². The smallest absolute Gasteiger partial charge is 0.352 e. The molecule has 2 aliphatic rings. The minimum Gasteiger partial charge on any atom is -0.352 e. The second kappa shape index (κ2) is 13.0. The highest BCUT2D eigenvalue weighted by molar-refractivity contribution is 7.99. The van der Waals surface area contributed by atoms with Crippen LogP contribution in [0.4, 0.5) is 27.8 Å². The van der Waals surface area contributed by atoms with Gasteiger partial charge in [-0.2, -0.15) is 18.2 Å². The van der Waals surface area contributed by atoms with Crippen molar-refractivity contribution in [2.24, 2.45) is 0 Å². The first-order valence-corrected chi connectivity index (χ1v) is 15.4. The molecule has 0 bridgehead atoms. The quantitative estimate of drug-likeness (QED) is 0.176. The van der Waals surface area contributed by atoms with Gasteiger partial charge in [0.05, 0.1) is 11.1 Å². The van der Waals surface area contributed by atoms with E-state index in [1.165, 1.54) is 46.7 Å². The molecule has 1 fully saturated rings. The Morgan fingerprint density at radius 3 is 2.18 bits per heavy atom. The molecule has 2 atom stereocenters. The van der Waals surface area contributed by atoms with Crippen LogP contribution in [0.15, 0.2) is 83.0 Å². The summed E-state index contributed by atoms with van der Waals surface area (Å²) in [6.07, 6.45) is -2.89. The number of rotatable bonds is 3. The molecule has 4 aromatic rings. The van der Waals surface area contributed by atoms with Crippen LogP contribution in [0.5, 0.6) is 0 Å². The van der Waals surface area contributed by atoms with Gasteiger partial charge in [0.25, 0.3) is 0 Å². The molecule has 2 aliphatic heterocycles. The van der Waals surface area contributed by atoms with Gasteiger partial charge in [0.15, 0.2) is 0 Å². The van der Waals surface area contributed by atoms with E-state index >= 15 is 0 Å². The lowest BCUT2D eigenvalue weighted by Gasteiger charge is -2.44. The van der Waals surface area contributed by atoms with Crippen molar-refractivity contribution < 1.29 is 26.7 Å². The van der Waals surface area contributed by atoms with Crippen molar-refractivity contribution in [3.63, 3.8) is 0 Å². The van der Waals surface area contributed by atoms with Crippen LogP contribution in [0.1, 0.15) is 25.8 Å². The number of aryl methyl sites for hydroxylation is 1. The Balaban J connectivity index is 0.000000505. The summed E-state index contributed by atoms with van der Waals surface area (Å²) in [7, 11) is 0. The number of amides is 1. The van der Waals surface area contributed by atoms with Crippen LogP contribution in [0.2, 0.25) is 0 Å². The van der Waals surface area contributed by atoms with Gasteiger partial charge in [-0.1, -0.05) is 36.9 Å². The van der Waals surface area contributed by atoms with Gasteiger partial charge in [-0.05, 0) is 68.0 Å². The fourth-order valence-electron chi connectivity index (χ4n) is 5.96. The van der Waals surface area contributed by atoms with Gasteiger partial charge in [0, 0.05) is 47.6 Å². The molecule has 0 N–H and O–H groups in total. The lowest BCUT2D eigenvalue weighted by molar-refractivity contribution is -0.137. The SMILES string of the molecule is C=CC(=O)N1C(C)CN(c2nc(=O)n3c4c(c(-c5ccc(F)cc5)c(C(F)(F)F)cc24)SCCC3)CC1C.Fc1ccccc1. The molecule has 1 saturated heterocycles. The second-order valence-corrected chi connectivity index (χ2v) is 12.1. The van der Waals surface area contributed by atoms with Gasteiger partial charge in [0.1, 0.15) is 17.5 Å². The van der Waals surface area contributed by atoms with Crippen LogP contribution in [0, 0.1) is 11.6 Å². The Bertz CT molecular complexity index is 1770. The molecule has 1 aromatic heterocycles. The molecule has 3 heterocycles. The number of hydrogen-bond acceptors (Lipinski definition) is 5. The molecule has 0 spiro atoms. The molecule has 0 aliphatic carbocycles. The number of hydrogen-bond donors (Lipinski definition) is 0. The highest BCUT2D eigenvalue weighted by atomic mass is 32.2. The Kier molecular flexibility index (Phi) is 9.33. The number of carbonyl (C=O) groups is 1. The van der Waals surface area contributed by atoms with Gasteiger partial charge in [-0.3, -0.25) is 9.36 Å². The minimum atomic E-state index is -4.71. The van der Waals surface area contributed by atoms with Crippen LogP contribution >= 0.6 is 11.8 Å². The number of piperazine rings is 1. The standard InChI is InChI=1S/C27H26F4N4O2S.C6H5F/c1-4-21(36)35-15(2)13-33(14-16(35)3)25-19-12-20(27(29,30)31)22(17-6-8-18(28)9-7-17)24-23(19)34(26(37)32-25)10-5-11-38-24;7-6-4-2-1-3-5-6/h4,6-9,12,15-16H,1,5,10-11,13-14H2,2-3H3;1-5H. The zero-order valence-electron chi connectivity index (χ0n) is 24.7. The van der Waals surface area contributed by atoms with E-state index in [-0.39, 0.29) is 46.1 Å². The van der Waals surface area contributed by atoms with E-state index in [2.05, 4.69) is 11.6 Å². The average molecular weight is 643 g/mol. The van der Waals surface area contributed by atoms with Crippen LogP contribution < -0.4 is 10.6 Å². The number of nitrogens with zero attached hydrogens (tertiary/aromatic N) is 4. The summed E-state index contributed by atoms with van der Waals surface area (Å²) in [5.74, 6) is -0.279. The van der Waals surface area contributed by atoms with Crippen molar-refractivity contribution in [1.82, 2.24) is 14.5 Å². The summed E-state index contributed by atoms with van der Waals surface area (Å²) >= 11 is 1.27. The first kappa shape index (κ1) is 32.2. The van der Waals surface area contributed by atoms with E-state index in [1.807, 2.05) is 13.8 Å². The molecule has 0 radical (unpaired) electrons. The topological polar surface area (TPSA) is 58.4 Å². The number of aromatic nitrogens is 2. The normalized spacial score (nSPS) is 18.2. The van der Waals surface area contributed by atoms with E-state index in [4.69, 9.17) is 0 Å². The summed E-state index contributed by atoms with van der Waals surface area (Å²) < 4.78 is 70.8. The molecule has 6 rings (SSSR count). The van der Waals surface area contributed by atoms with E-state index in [0.717, 1.165) is 18.2 Å². The third-order valence-electron chi connectivity index (χ3n) is 7.79. The monoisotopic (exact) mass is 642 g/mol. The molecule has 236 valence electrons. The number of anilines is 1. The minimum absolute atomic E-state index is 0.0645. The molecule has 2 unspecified atom stereocenters. The number of thioether (sulfide) groups is 1. The Hall–Kier alpha value is -4.19. The number of benzene rings is 3. The second-order valence-electron chi connectivity index (χ2n) is 10.9. The van der Waals surface area contributed by atoms with E-state index < -0.39 is 23.2 Å². The zero-order valence-corrected chi connectivity index (χ0v) is 25.5. The molecule has 0 saturated carbocycles. The fraction of sp³-hybridized carbons (Fsp3) is 0.303. The number of alkyl halides is 3. The third-order valence-corrected chi connectivity index (χ3v) is 8.97. The lowest BCUT2D eigenvalue weighted by atomic mass is 9.96. The van der Waals surface area contributed by atoms with Gasteiger partial charge in [-0.15, -0.1) is 11.8 Å². The predicted octanol–water partition coefficient (Wildman–Crippen LogP) is 7.15. The molecular formula is C33H31F5N4O2S. The van der Waals surface area contributed by atoms with Crippen molar-refractivity contribution in [3.05, 3.63) is 101 Å².